The van der Waals surface area contributed by atoms with Crippen LogP contribution in [0, 0.1) is 0 Å². The Balaban J connectivity index is 2.01. The second-order valence-electron chi connectivity index (χ2n) is 5.99. The van der Waals surface area contributed by atoms with Gasteiger partial charge in [-0.2, -0.15) is 8.42 Å². The number of phenols is 2. The lowest BCUT2D eigenvalue weighted by molar-refractivity contribution is 0.402. The number of phenolic OH excluding ortho intramolecular Hbond substituents is 2. The van der Waals surface area contributed by atoms with Crippen LogP contribution < -0.4 is 9.50 Å². The van der Waals surface area contributed by atoms with Crippen molar-refractivity contribution >= 4 is 21.7 Å². The summed E-state index contributed by atoms with van der Waals surface area (Å²) in [5.74, 6) is -0.431. The van der Waals surface area contributed by atoms with Crippen molar-refractivity contribution in [2.45, 2.75) is 12.3 Å². The van der Waals surface area contributed by atoms with Crippen LogP contribution in [0.5, 0.6) is 17.2 Å². The number of halogens is 1. The third-order valence-corrected chi connectivity index (χ3v) is 5.06. The molecule has 1 aliphatic heterocycles. The first-order chi connectivity index (χ1) is 11.8. The van der Waals surface area contributed by atoms with E-state index in [1.807, 2.05) is 0 Å². The fraction of sp³-hybridized carbons (Fsp3) is 0.294. The molecule has 0 fully saturated rings. The molecule has 1 unspecified atom stereocenters. The van der Waals surface area contributed by atoms with Crippen LogP contribution in [0.15, 0.2) is 30.3 Å². The Kier molecular flexibility index (Phi) is 4.81. The van der Waals surface area contributed by atoms with Crippen molar-refractivity contribution in [2.24, 2.45) is 0 Å². The summed E-state index contributed by atoms with van der Waals surface area (Å²) < 4.78 is 27.3. The van der Waals surface area contributed by atoms with Crippen molar-refractivity contribution in [1.82, 2.24) is 5.32 Å². The summed E-state index contributed by atoms with van der Waals surface area (Å²) in [7, 11) is -3.58. The van der Waals surface area contributed by atoms with Crippen molar-refractivity contribution < 1.29 is 22.8 Å². The van der Waals surface area contributed by atoms with Crippen LogP contribution >= 0.6 is 11.6 Å². The van der Waals surface area contributed by atoms with Crippen LogP contribution in [0.25, 0.3) is 0 Å². The minimum absolute atomic E-state index is 0.103. The normalized spacial score (nSPS) is 17.6. The first kappa shape index (κ1) is 17.8. The maximum absolute atomic E-state index is 11.2. The number of nitrogens with one attached hydrogen (secondary N) is 1. The molecular formula is C17H18ClNO5S. The van der Waals surface area contributed by atoms with Gasteiger partial charge in [-0.3, -0.25) is 0 Å². The predicted octanol–water partition coefficient (Wildman–Crippen LogP) is 2.37. The van der Waals surface area contributed by atoms with E-state index in [1.165, 1.54) is 6.07 Å². The fourth-order valence-corrected chi connectivity index (χ4v) is 3.81. The molecule has 134 valence electrons. The Morgan fingerprint density at radius 1 is 1.24 bits per heavy atom. The van der Waals surface area contributed by atoms with E-state index in [0.29, 0.717) is 19.5 Å². The van der Waals surface area contributed by atoms with E-state index < -0.39 is 10.1 Å². The zero-order valence-electron chi connectivity index (χ0n) is 13.5. The molecule has 0 radical (unpaired) electrons. The maximum Gasteiger partial charge on any atom is 0.306 e. The minimum atomic E-state index is -3.58. The van der Waals surface area contributed by atoms with Crippen LogP contribution in [-0.4, -0.2) is 38.0 Å². The monoisotopic (exact) mass is 383 g/mol. The average Bonchev–Trinajstić information content (AvgIpc) is 2.75. The van der Waals surface area contributed by atoms with Gasteiger partial charge >= 0.3 is 10.1 Å². The quantitative estimate of drug-likeness (QED) is 0.556. The lowest BCUT2D eigenvalue weighted by atomic mass is 9.87. The Morgan fingerprint density at radius 2 is 1.92 bits per heavy atom. The second kappa shape index (κ2) is 6.74. The Bertz CT molecular complexity index is 896. The van der Waals surface area contributed by atoms with Crippen molar-refractivity contribution in [3.8, 4) is 17.2 Å². The third kappa shape index (κ3) is 3.84. The molecule has 1 atom stereocenters. The topological polar surface area (TPSA) is 95.9 Å². The molecule has 0 aliphatic carbocycles. The Hall–Kier alpha value is -1.96. The highest BCUT2D eigenvalue weighted by Gasteiger charge is 2.25. The maximum atomic E-state index is 11.2. The van der Waals surface area contributed by atoms with Gasteiger partial charge < -0.3 is 19.7 Å². The summed E-state index contributed by atoms with van der Waals surface area (Å²) >= 11 is 6.22. The number of fused-ring (bicyclic) bond motifs is 1. The van der Waals surface area contributed by atoms with E-state index in [1.54, 1.807) is 24.3 Å². The molecule has 6 nitrogen and oxygen atoms in total. The van der Waals surface area contributed by atoms with Crippen molar-refractivity contribution in [3.05, 3.63) is 52.0 Å². The van der Waals surface area contributed by atoms with Crippen molar-refractivity contribution in [1.29, 1.82) is 0 Å². The minimum Gasteiger partial charge on any atom is -0.504 e. The Morgan fingerprint density at radius 3 is 2.56 bits per heavy atom. The zero-order chi connectivity index (χ0) is 18.2. The van der Waals surface area contributed by atoms with E-state index in [0.717, 1.165) is 22.9 Å². The molecule has 3 rings (SSSR count). The van der Waals surface area contributed by atoms with Crippen molar-refractivity contribution in [3.63, 3.8) is 0 Å². The summed E-state index contributed by atoms with van der Waals surface area (Å²) in [4.78, 5) is 0. The summed E-state index contributed by atoms with van der Waals surface area (Å²) in [6.45, 7) is 1.32. The molecule has 0 amide bonds. The predicted molar refractivity (Wildman–Crippen MR) is 95.1 cm³/mol. The number of aromatic hydroxyl groups is 2. The van der Waals surface area contributed by atoms with Crippen LogP contribution in [0.4, 0.5) is 0 Å². The molecule has 1 heterocycles. The van der Waals surface area contributed by atoms with Gasteiger partial charge in [0.1, 0.15) is 5.75 Å². The number of hydrogen-bond donors (Lipinski definition) is 3. The molecule has 2 aromatic carbocycles. The third-order valence-electron chi connectivity index (χ3n) is 4.16. The molecule has 1 aliphatic rings. The van der Waals surface area contributed by atoms with Gasteiger partial charge in [0, 0.05) is 12.5 Å². The van der Waals surface area contributed by atoms with E-state index in [-0.39, 0.29) is 28.2 Å². The number of benzene rings is 2. The molecule has 8 heteroatoms. The van der Waals surface area contributed by atoms with Gasteiger partial charge in [0.15, 0.2) is 11.5 Å². The summed E-state index contributed by atoms with van der Waals surface area (Å²) in [6.07, 6.45) is 1.62. The first-order valence-corrected chi connectivity index (χ1v) is 9.89. The van der Waals surface area contributed by atoms with E-state index in [4.69, 9.17) is 15.8 Å². The summed E-state index contributed by atoms with van der Waals surface area (Å²) in [6, 6.07) is 8.26. The standard InChI is InChI=1S/C17H18ClNO5S/c1-25(22,23)24-11-4-2-10(3-5-11)14-9-19-7-6-12-13(14)8-15(20)17(21)16(12)18/h2-5,8,14,19-21H,6-7,9H2,1H3. The summed E-state index contributed by atoms with van der Waals surface area (Å²) in [5, 5.41) is 23.3. The second-order valence-corrected chi connectivity index (χ2v) is 7.94. The molecule has 0 spiro atoms. The highest BCUT2D eigenvalue weighted by Crippen LogP contribution is 2.42. The highest BCUT2D eigenvalue weighted by molar-refractivity contribution is 7.86. The molecule has 0 saturated carbocycles. The SMILES string of the molecule is CS(=O)(=O)Oc1ccc(C2CNCCc3c2cc(O)c(O)c3Cl)cc1. The average molecular weight is 384 g/mol. The van der Waals surface area contributed by atoms with Gasteiger partial charge in [-0.05, 0) is 47.9 Å². The van der Waals surface area contributed by atoms with Crippen LogP contribution in [-0.2, 0) is 16.5 Å². The van der Waals surface area contributed by atoms with Gasteiger partial charge in [-0.25, -0.2) is 0 Å². The largest absolute Gasteiger partial charge is 0.504 e. The van der Waals surface area contributed by atoms with Crippen LogP contribution in [0.3, 0.4) is 0 Å². The molecule has 3 N–H and O–H groups in total. The van der Waals surface area contributed by atoms with Crippen LogP contribution in [0.1, 0.15) is 22.6 Å². The number of hydrogen-bond acceptors (Lipinski definition) is 6. The Labute approximate surface area is 151 Å². The van der Waals surface area contributed by atoms with Gasteiger partial charge in [-0.15, -0.1) is 0 Å². The van der Waals surface area contributed by atoms with Crippen molar-refractivity contribution in [2.75, 3.05) is 19.3 Å². The molecule has 2 aromatic rings. The lowest BCUT2D eigenvalue weighted by Gasteiger charge is -2.20. The highest BCUT2D eigenvalue weighted by atomic mass is 35.5. The van der Waals surface area contributed by atoms with Gasteiger partial charge in [0.2, 0.25) is 0 Å². The molecule has 25 heavy (non-hydrogen) atoms. The number of rotatable bonds is 3. The van der Waals surface area contributed by atoms with E-state index in [2.05, 4.69) is 5.32 Å². The summed E-state index contributed by atoms with van der Waals surface area (Å²) in [5.41, 5.74) is 2.54. The van der Waals surface area contributed by atoms with E-state index >= 15 is 0 Å². The molecule has 0 saturated heterocycles. The first-order valence-electron chi connectivity index (χ1n) is 7.69. The molecule has 0 bridgehead atoms. The van der Waals surface area contributed by atoms with Gasteiger partial charge in [0.05, 0.1) is 11.3 Å². The van der Waals surface area contributed by atoms with Crippen LogP contribution in [0.2, 0.25) is 5.02 Å². The van der Waals surface area contributed by atoms with Gasteiger partial charge in [0.25, 0.3) is 0 Å². The fourth-order valence-electron chi connectivity index (χ4n) is 3.05. The van der Waals surface area contributed by atoms with Gasteiger partial charge in [-0.1, -0.05) is 23.7 Å². The molecular weight excluding hydrogens is 366 g/mol. The van der Waals surface area contributed by atoms with E-state index in [9.17, 15) is 18.6 Å². The lowest BCUT2D eigenvalue weighted by Crippen LogP contribution is -2.20. The smallest absolute Gasteiger partial charge is 0.306 e. The molecule has 0 aromatic heterocycles. The zero-order valence-corrected chi connectivity index (χ0v) is 15.1.